The number of hydrogen-bond acceptors (Lipinski definition) is 8. The Balaban J connectivity index is 1.47. The molecule has 12 heteroatoms. The van der Waals surface area contributed by atoms with Gasteiger partial charge in [0.05, 0.1) is 18.5 Å². The zero-order valence-electron chi connectivity index (χ0n) is 22.6. The minimum atomic E-state index is -0.912. The van der Waals surface area contributed by atoms with Crippen molar-refractivity contribution >= 4 is 46.0 Å². The molecule has 4 aromatic rings. The maximum absolute atomic E-state index is 13.2. The minimum absolute atomic E-state index is 0.258. The molecular weight excluding hydrogens is 526 g/mol. The smallest absolute Gasteiger partial charge is 0.407 e. The number of hydrogen-bond donors (Lipinski definition) is 3. The number of carbonyl (C=O) groups excluding carboxylic acids is 1. The number of carbonyl (C=O) groups is 2. The summed E-state index contributed by atoms with van der Waals surface area (Å²) in [5.74, 6) is 0.451. The van der Waals surface area contributed by atoms with Crippen LogP contribution in [-0.2, 0) is 4.79 Å². The molecule has 2 aromatic heterocycles. The van der Waals surface area contributed by atoms with Gasteiger partial charge in [-0.2, -0.15) is 4.98 Å². The molecule has 210 valence electrons. The lowest BCUT2D eigenvalue weighted by molar-refractivity contribution is -0.111. The molecule has 0 unspecified atom stereocenters. The number of anilines is 4. The number of piperazine rings is 1. The van der Waals surface area contributed by atoms with Crippen molar-refractivity contribution in [3.8, 4) is 11.4 Å². The predicted molar refractivity (Wildman–Crippen MR) is 157 cm³/mol. The fraction of sp³-hybridized carbons (Fsp3) is 0.207. The van der Waals surface area contributed by atoms with Crippen molar-refractivity contribution in [3.63, 3.8) is 0 Å². The van der Waals surface area contributed by atoms with E-state index in [1.807, 2.05) is 25.1 Å². The number of carboxylic acid groups (broad SMARTS) is 1. The van der Waals surface area contributed by atoms with E-state index >= 15 is 0 Å². The SMILES string of the molecule is C=CC(=O)Nc1cccc(-n2c(=O)cc(C)c3cnc(Nc4ccc(N5CCN(C(=O)O)CC5)cc4OC)nc32)c1. The number of rotatable bonds is 7. The van der Waals surface area contributed by atoms with Crippen molar-refractivity contribution < 1.29 is 19.4 Å². The molecule has 0 aliphatic carbocycles. The van der Waals surface area contributed by atoms with Crippen LogP contribution in [0.15, 0.2) is 72.2 Å². The number of nitrogens with one attached hydrogen (secondary N) is 2. The maximum Gasteiger partial charge on any atom is 0.407 e. The van der Waals surface area contributed by atoms with Crippen LogP contribution in [0, 0.1) is 6.92 Å². The topological polar surface area (TPSA) is 142 Å². The van der Waals surface area contributed by atoms with Crippen LogP contribution in [0.5, 0.6) is 5.75 Å². The number of aryl methyl sites for hydroxylation is 1. The van der Waals surface area contributed by atoms with E-state index in [9.17, 15) is 19.5 Å². The summed E-state index contributed by atoms with van der Waals surface area (Å²) in [6, 6.07) is 14.1. The Bertz CT molecular complexity index is 1710. The number of aromatic nitrogens is 3. The van der Waals surface area contributed by atoms with Crippen LogP contribution < -0.4 is 25.8 Å². The third-order valence-corrected chi connectivity index (χ3v) is 6.87. The number of fused-ring (bicyclic) bond motifs is 1. The molecule has 5 rings (SSSR count). The summed E-state index contributed by atoms with van der Waals surface area (Å²) in [7, 11) is 1.56. The van der Waals surface area contributed by atoms with Gasteiger partial charge in [0, 0.05) is 61.3 Å². The van der Waals surface area contributed by atoms with Crippen molar-refractivity contribution in [1.29, 1.82) is 0 Å². The highest BCUT2D eigenvalue weighted by molar-refractivity contribution is 5.99. The average Bonchev–Trinajstić information content (AvgIpc) is 2.97. The molecule has 1 aliphatic heterocycles. The molecule has 0 radical (unpaired) electrons. The molecule has 41 heavy (non-hydrogen) atoms. The average molecular weight is 556 g/mol. The van der Waals surface area contributed by atoms with Gasteiger partial charge < -0.3 is 30.3 Å². The van der Waals surface area contributed by atoms with Crippen LogP contribution >= 0.6 is 0 Å². The van der Waals surface area contributed by atoms with E-state index in [0.717, 1.165) is 11.3 Å². The van der Waals surface area contributed by atoms with Crippen LogP contribution in [0.4, 0.5) is 27.8 Å². The normalized spacial score (nSPS) is 13.1. The second-order valence-electron chi connectivity index (χ2n) is 9.44. The Kier molecular flexibility index (Phi) is 7.55. The number of methoxy groups -OCH3 is 1. The van der Waals surface area contributed by atoms with Crippen LogP contribution in [0.2, 0.25) is 0 Å². The Labute approximate surface area is 235 Å². The fourth-order valence-electron chi connectivity index (χ4n) is 4.74. The van der Waals surface area contributed by atoms with Gasteiger partial charge in [-0.1, -0.05) is 12.6 Å². The first kappa shape index (κ1) is 27.2. The highest BCUT2D eigenvalue weighted by Crippen LogP contribution is 2.32. The first-order chi connectivity index (χ1) is 19.8. The van der Waals surface area contributed by atoms with Crippen molar-refractivity contribution in [2.75, 3.05) is 48.8 Å². The van der Waals surface area contributed by atoms with Gasteiger partial charge in [-0.15, -0.1) is 0 Å². The lowest BCUT2D eigenvalue weighted by atomic mass is 10.2. The Morgan fingerprint density at radius 3 is 2.56 bits per heavy atom. The summed E-state index contributed by atoms with van der Waals surface area (Å²) in [6.45, 7) is 7.29. The van der Waals surface area contributed by atoms with Crippen molar-refractivity contribution in [1.82, 2.24) is 19.4 Å². The van der Waals surface area contributed by atoms with Crippen LogP contribution in [0.1, 0.15) is 5.56 Å². The minimum Gasteiger partial charge on any atom is -0.494 e. The second kappa shape index (κ2) is 11.4. The third-order valence-electron chi connectivity index (χ3n) is 6.87. The monoisotopic (exact) mass is 555 g/mol. The molecular formula is C29H29N7O5. The zero-order chi connectivity index (χ0) is 29.1. The summed E-state index contributed by atoms with van der Waals surface area (Å²) >= 11 is 0. The standard InChI is InChI=1S/C29H29N7O5/c1-4-25(37)31-19-6-5-7-21(15-19)36-26(38)14-18(2)22-17-30-28(33-27(22)36)32-23-9-8-20(16-24(23)41-3)34-10-12-35(13-11-34)29(39)40/h4-9,14-17H,1,10-13H2,2-3H3,(H,31,37)(H,39,40)(H,30,32,33). The Hall–Kier alpha value is -5.39. The highest BCUT2D eigenvalue weighted by atomic mass is 16.5. The predicted octanol–water partition coefficient (Wildman–Crippen LogP) is 3.77. The molecule has 0 spiro atoms. The lowest BCUT2D eigenvalue weighted by Crippen LogP contribution is -2.48. The summed E-state index contributed by atoms with van der Waals surface area (Å²) < 4.78 is 7.10. The molecule has 3 heterocycles. The number of benzene rings is 2. The van der Waals surface area contributed by atoms with Crippen molar-refractivity contribution in [2.24, 2.45) is 0 Å². The number of amides is 2. The Morgan fingerprint density at radius 2 is 1.85 bits per heavy atom. The molecule has 1 aliphatic rings. The number of nitrogens with zero attached hydrogens (tertiary/aromatic N) is 5. The quantitative estimate of drug-likeness (QED) is 0.291. The molecule has 1 saturated heterocycles. The van der Waals surface area contributed by atoms with Crippen molar-refractivity contribution in [3.05, 3.63) is 83.3 Å². The van der Waals surface area contributed by atoms with Gasteiger partial charge in [-0.25, -0.2) is 9.78 Å². The number of ether oxygens (including phenoxy) is 1. The van der Waals surface area contributed by atoms with Gasteiger partial charge in [0.25, 0.3) is 5.56 Å². The van der Waals surface area contributed by atoms with Crippen molar-refractivity contribution in [2.45, 2.75) is 6.92 Å². The summed E-state index contributed by atoms with van der Waals surface area (Å²) in [5, 5.41) is 15.8. The lowest BCUT2D eigenvalue weighted by Gasteiger charge is -2.34. The summed E-state index contributed by atoms with van der Waals surface area (Å²) in [6.07, 6.45) is 1.91. The van der Waals surface area contributed by atoms with Gasteiger partial charge >= 0.3 is 6.09 Å². The van der Waals surface area contributed by atoms with Gasteiger partial charge in [-0.3, -0.25) is 14.2 Å². The molecule has 2 amide bonds. The fourth-order valence-corrected chi connectivity index (χ4v) is 4.74. The highest BCUT2D eigenvalue weighted by Gasteiger charge is 2.21. The zero-order valence-corrected chi connectivity index (χ0v) is 22.6. The van der Waals surface area contributed by atoms with Gasteiger partial charge in [0.2, 0.25) is 11.9 Å². The second-order valence-corrected chi connectivity index (χ2v) is 9.44. The molecule has 0 bridgehead atoms. The summed E-state index contributed by atoms with van der Waals surface area (Å²) in [4.78, 5) is 48.9. The van der Waals surface area contributed by atoms with Gasteiger partial charge in [0.15, 0.2) is 5.65 Å². The van der Waals surface area contributed by atoms with E-state index in [4.69, 9.17) is 9.72 Å². The third kappa shape index (κ3) is 5.66. The van der Waals surface area contributed by atoms with E-state index in [-0.39, 0.29) is 17.4 Å². The van der Waals surface area contributed by atoms with E-state index in [1.165, 1.54) is 21.6 Å². The molecule has 2 aromatic carbocycles. The van der Waals surface area contributed by atoms with Crippen LogP contribution in [-0.4, -0.2) is 69.8 Å². The van der Waals surface area contributed by atoms with Crippen LogP contribution in [0.25, 0.3) is 16.7 Å². The Morgan fingerprint density at radius 1 is 1.07 bits per heavy atom. The first-order valence-electron chi connectivity index (χ1n) is 12.9. The molecule has 0 atom stereocenters. The van der Waals surface area contributed by atoms with Gasteiger partial charge in [0.1, 0.15) is 5.75 Å². The molecule has 3 N–H and O–H groups in total. The van der Waals surface area contributed by atoms with E-state index in [0.29, 0.717) is 60.0 Å². The van der Waals surface area contributed by atoms with Gasteiger partial charge in [-0.05, 0) is 48.9 Å². The van der Waals surface area contributed by atoms with Crippen LogP contribution in [0.3, 0.4) is 0 Å². The first-order valence-corrected chi connectivity index (χ1v) is 12.9. The molecule has 12 nitrogen and oxygen atoms in total. The van der Waals surface area contributed by atoms with E-state index < -0.39 is 6.09 Å². The van der Waals surface area contributed by atoms with E-state index in [1.54, 1.807) is 37.6 Å². The number of pyridine rings is 1. The molecule has 1 fully saturated rings. The summed E-state index contributed by atoms with van der Waals surface area (Å²) in [5.41, 5.74) is 3.41. The largest absolute Gasteiger partial charge is 0.494 e. The van der Waals surface area contributed by atoms with E-state index in [2.05, 4.69) is 27.1 Å². The maximum atomic E-state index is 13.2. The molecule has 0 saturated carbocycles.